The fourth-order valence-electron chi connectivity index (χ4n) is 2.69. The van der Waals surface area contributed by atoms with Gasteiger partial charge in [0, 0.05) is 31.4 Å². The minimum Gasteiger partial charge on any atom is -0.478 e. The van der Waals surface area contributed by atoms with Gasteiger partial charge in [0.05, 0.1) is 5.56 Å². The highest BCUT2D eigenvalue weighted by atomic mass is 16.4. The van der Waals surface area contributed by atoms with Gasteiger partial charge in [0.1, 0.15) is 0 Å². The molecule has 2 heterocycles. The number of fused-ring (bicyclic) bond motifs is 1. The molecule has 0 spiro atoms. The van der Waals surface area contributed by atoms with Gasteiger partial charge in [-0.15, -0.1) is 0 Å². The molecule has 5 nitrogen and oxygen atoms in total. The van der Waals surface area contributed by atoms with Crippen LogP contribution in [0.1, 0.15) is 27.0 Å². The molecule has 0 unspecified atom stereocenters. The van der Waals surface area contributed by atoms with Crippen molar-refractivity contribution in [2.24, 2.45) is 0 Å². The molecule has 5 heteroatoms. The first-order valence-electron chi connectivity index (χ1n) is 6.87. The van der Waals surface area contributed by atoms with Crippen molar-refractivity contribution in [3.05, 3.63) is 69.1 Å². The molecule has 0 atom stereocenters. The first kappa shape index (κ1) is 13.6. The Hall–Kier alpha value is -2.40. The second-order valence-corrected chi connectivity index (χ2v) is 5.27. The highest BCUT2D eigenvalue weighted by Crippen LogP contribution is 2.17. The number of H-pyrrole nitrogens is 1. The van der Waals surface area contributed by atoms with Crippen LogP contribution in [0.2, 0.25) is 0 Å². The summed E-state index contributed by atoms with van der Waals surface area (Å²) in [5, 5.41) is 8.89. The maximum atomic E-state index is 11.8. The average molecular weight is 284 g/mol. The lowest BCUT2D eigenvalue weighted by atomic mass is 10.0. The van der Waals surface area contributed by atoms with E-state index in [-0.39, 0.29) is 5.56 Å². The molecule has 0 aliphatic carbocycles. The number of carboxylic acid groups (broad SMARTS) is 1. The lowest BCUT2D eigenvalue weighted by Crippen LogP contribution is -2.34. The zero-order valence-electron chi connectivity index (χ0n) is 11.5. The molecule has 0 amide bonds. The number of aromatic amines is 1. The Balaban J connectivity index is 1.74. The Morgan fingerprint density at radius 3 is 2.71 bits per heavy atom. The van der Waals surface area contributed by atoms with Gasteiger partial charge in [-0.3, -0.25) is 9.69 Å². The third-order valence-electron chi connectivity index (χ3n) is 3.85. The number of pyridine rings is 1. The average Bonchev–Trinajstić information content (AvgIpc) is 2.49. The Kier molecular flexibility index (Phi) is 3.58. The van der Waals surface area contributed by atoms with Crippen LogP contribution in [0.4, 0.5) is 0 Å². The van der Waals surface area contributed by atoms with Crippen LogP contribution >= 0.6 is 0 Å². The molecule has 108 valence electrons. The Morgan fingerprint density at radius 2 is 2.00 bits per heavy atom. The van der Waals surface area contributed by atoms with E-state index in [1.807, 2.05) is 18.2 Å². The van der Waals surface area contributed by atoms with E-state index in [0.717, 1.165) is 29.7 Å². The maximum Gasteiger partial charge on any atom is 0.335 e. The van der Waals surface area contributed by atoms with E-state index in [9.17, 15) is 9.59 Å². The summed E-state index contributed by atoms with van der Waals surface area (Å²) in [7, 11) is 0. The van der Waals surface area contributed by atoms with Crippen molar-refractivity contribution in [2.75, 3.05) is 6.54 Å². The van der Waals surface area contributed by atoms with Gasteiger partial charge in [-0.1, -0.05) is 12.1 Å². The summed E-state index contributed by atoms with van der Waals surface area (Å²) in [4.78, 5) is 27.6. The van der Waals surface area contributed by atoms with Gasteiger partial charge < -0.3 is 10.1 Å². The van der Waals surface area contributed by atoms with Crippen molar-refractivity contribution in [1.82, 2.24) is 9.88 Å². The Morgan fingerprint density at radius 1 is 1.24 bits per heavy atom. The van der Waals surface area contributed by atoms with Crippen LogP contribution in [0, 0.1) is 0 Å². The van der Waals surface area contributed by atoms with Gasteiger partial charge in [0.2, 0.25) is 0 Å². The fourth-order valence-corrected chi connectivity index (χ4v) is 2.69. The minimum atomic E-state index is -0.917. The molecule has 1 aliphatic rings. The Labute approximate surface area is 121 Å². The first-order chi connectivity index (χ1) is 10.1. The molecular weight excluding hydrogens is 268 g/mol. The summed E-state index contributed by atoms with van der Waals surface area (Å²) < 4.78 is 0. The van der Waals surface area contributed by atoms with Crippen molar-refractivity contribution in [3.8, 4) is 0 Å². The van der Waals surface area contributed by atoms with Gasteiger partial charge in [-0.2, -0.15) is 0 Å². The summed E-state index contributed by atoms with van der Waals surface area (Å²) in [5.41, 5.74) is 3.29. The van der Waals surface area contributed by atoms with E-state index in [1.54, 1.807) is 18.3 Å². The van der Waals surface area contributed by atoms with Crippen LogP contribution in [-0.2, 0) is 19.5 Å². The molecule has 1 aliphatic heterocycles. The molecule has 1 aromatic carbocycles. The van der Waals surface area contributed by atoms with Gasteiger partial charge in [-0.25, -0.2) is 4.79 Å². The highest BCUT2D eigenvalue weighted by molar-refractivity contribution is 5.87. The zero-order valence-corrected chi connectivity index (χ0v) is 11.5. The van der Waals surface area contributed by atoms with Crippen LogP contribution in [-0.4, -0.2) is 27.5 Å². The van der Waals surface area contributed by atoms with E-state index in [4.69, 9.17) is 5.11 Å². The fraction of sp³-hybridized carbons (Fsp3) is 0.250. The van der Waals surface area contributed by atoms with Crippen molar-refractivity contribution >= 4 is 5.97 Å². The highest BCUT2D eigenvalue weighted by Gasteiger charge is 2.18. The number of hydrogen-bond donors (Lipinski definition) is 2. The van der Waals surface area contributed by atoms with E-state index < -0.39 is 5.97 Å². The molecule has 0 saturated heterocycles. The summed E-state index contributed by atoms with van der Waals surface area (Å²) in [5.74, 6) is -0.917. The normalized spacial score (nSPS) is 14.7. The predicted molar refractivity (Wildman–Crippen MR) is 78.3 cm³/mol. The molecular formula is C16H16N2O3. The van der Waals surface area contributed by atoms with Crippen molar-refractivity contribution in [1.29, 1.82) is 0 Å². The first-order valence-corrected chi connectivity index (χ1v) is 6.87. The topological polar surface area (TPSA) is 73.4 Å². The standard InChI is InChI=1S/C16H16N2O3/c19-15-14-10-18(8-6-12(14)5-7-17-15)9-11-1-3-13(4-2-11)16(20)21/h1-5,7H,6,8-10H2,(H,17,19)(H,20,21). The van der Waals surface area contributed by atoms with E-state index in [1.165, 1.54) is 0 Å². The van der Waals surface area contributed by atoms with E-state index in [2.05, 4.69) is 9.88 Å². The molecule has 3 rings (SSSR count). The van der Waals surface area contributed by atoms with Gasteiger partial charge >= 0.3 is 5.97 Å². The molecule has 2 aromatic rings. The van der Waals surface area contributed by atoms with Crippen LogP contribution in [0.25, 0.3) is 0 Å². The third-order valence-corrected chi connectivity index (χ3v) is 3.85. The van der Waals surface area contributed by atoms with Crippen molar-refractivity contribution in [2.45, 2.75) is 19.5 Å². The van der Waals surface area contributed by atoms with Crippen LogP contribution in [0.3, 0.4) is 0 Å². The predicted octanol–water partition coefficient (Wildman–Crippen LogP) is 1.63. The maximum absolute atomic E-state index is 11.8. The molecule has 0 saturated carbocycles. The smallest absolute Gasteiger partial charge is 0.335 e. The summed E-state index contributed by atoms with van der Waals surface area (Å²) in [6, 6.07) is 8.85. The van der Waals surface area contributed by atoms with Crippen molar-refractivity contribution < 1.29 is 9.90 Å². The van der Waals surface area contributed by atoms with Gasteiger partial charge in [0.25, 0.3) is 5.56 Å². The number of aromatic nitrogens is 1. The van der Waals surface area contributed by atoms with Gasteiger partial charge in [-0.05, 0) is 35.7 Å². The monoisotopic (exact) mass is 284 g/mol. The molecule has 0 bridgehead atoms. The second kappa shape index (κ2) is 5.54. The number of aromatic carboxylic acids is 1. The minimum absolute atomic E-state index is 0.0153. The van der Waals surface area contributed by atoms with E-state index in [0.29, 0.717) is 18.7 Å². The lowest BCUT2D eigenvalue weighted by molar-refractivity contribution is 0.0697. The number of hydrogen-bond acceptors (Lipinski definition) is 3. The van der Waals surface area contributed by atoms with E-state index >= 15 is 0 Å². The number of benzene rings is 1. The Bertz CT molecular complexity index is 719. The van der Waals surface area contributed by atoms with Crippen LogP contribution < -0.4 is 5.56 Å². The summed E-state index contributed by atoms with van der Waals surface area (Å²) in [6.07, 6.45) is 2.56. The number of carbonyl (C=O) groups is 1. The SMILES string of the molecule is O=C(O)c1ccc(CN2CCc3cc[nH]c(=O)c3C2)cc1. The molecule has 0 fully saturated rings. The second-order valence-electron chi connectivity index (χ2n) is 5.27. The van der Waals surface area contributed by atoms with Crippen molar-refractivity contribution in [3.63, 3.8) is 0 Å². The molecule has 1 aromatic heterocycles. The van der Waals surface area contributed by atoms with Crippen LogP contribution in [0.15, 0.2) is 41.3 Å². The third kappa shape index (κ3) is 2.87. The summed E-state index contributed by atoms with van der Waals surface area (Å²) >= 11 is 0. The zero-order chi connectivity index (χ0) is 14.8. The number of nitrogens with one attached hydrogen (secondary N) is 1. The largest absolute Gasteiger partial charge is 0.478 e. The summed E-state index contributed by atoms with van der Waals surface area (Å²) in [6.45, 7) is 2.25. The number of carboxylic acids is 1. The molecule has 0 radical (unpaired) electrons. The number of nitrogens with zero attached hydrogens (tertiary/aromatic N) is 1. The van der Waals surface area contributed by atoms with Crippen LogP contribution in [0.5, 0.6) is 0 Å². The molecule has 21 heavy (non-hydrogen) atoms. The quantitative estimate of drug-likeness (QED) is 0.898. The lowest BCUT2D eigenvalue weighted by Gasteiger charge is -2.28. The van der Waals surface area contributed by atoms with Gasteiger partial charge in [0.15, 0.2) is 0 Å². The molecule has 2 N–H and O–H groups in total. The number of rotatable bonds is 3.